The van der Waals surface area contributed by atoms with Crippen LogP contribution in [0.3, 0.4) is 0 Å². The number of aliphatic hydroxyl groups is 1. The minimum Gasteiger partial charge on any atom is -0.388 e. The topological polar surface area (TPSA) is 20.2 Å². The van der Waals surface area contributed by atoms with Crippen LogP contribution >= 0.6 is 0 Å². The van der Waals surface area contributed by atoms with E-state index in [2.05, 4.69) is 6.92 Å². The third-order valence-corrected chi connectivity index (χ3v) is 3.23. The molecule has 76 valence electrons. The van der Waals surface area contributed by atoms with Crippen LogP contribution in [0.2, 0.25) is 0 Å². The molecule has 14 heavy (non-hydrogen) atoms. The summed E-state index contributed by atoms with van der Waals surface area (Å²) in [7, 11) is 0. The second kappa shape index (κ2) is 3.06. The number of halogens is 1. The predicted octanol–water partition coefficient (Wildman–Crippen LogP) is 2.97. The van der Waals surface area contributed by atoms with Crippen molar-refractivity contribution < 1.29 is 9.50 Å². The Bertz CT molecular complexity index is 355. The molecule has 1 saturated carbocycles. The molecule has 1 unspecified atom stereocenters. The Morgan fingerprint density at radius 3 is 2.57 bits per heavy atom. The molecule has 1 atom stereocenters. The number of benzene rings is 1. The minimum absolute atomic E-state index is 0.0303. The van der Waals surface area contributed by atoms with Gasteiger partial charge in [-0.3, -0.25) is 0 Å². The molecular formula is C12H15FO. The number of aryl methyl sites for hydroxylation is 1. The van der Waals surface area contributed by atoms with Crippen molar-refractivity contribution in [3.8, 4) is 0 Å². The highest BCUT2D eigenvalue weighted by Gasteiger charge is 2.45. The summed E-state index contributed by atoms with van der Waals surface area (Å²) in [5.41, 5.74) is 1.74. The normalized spacial score (nSPS) is 20.6. The number of rotatable bonds is 2. The zero-order valence-corrected chi connectivity index (χ0v) is 8.55. The smallest absolute Gasteiger partial charge is 0.123 e. The van der Waals surface area contributed by atoms with E-state index in [9.17, 15) is 9.50 Å². The summed E-state index contributed by atoms with van der Waals surface area (Å²) in [4.78, 5) is 0. The van der Waals surface area contributed by atoms with Gasteiger partial charge in [-0.15, -0.1) is 0 Å². The van der Waals surface area contributed by atoms with Gasteiger partial charge in [-0.1, -0.05) is 13.0 Å². The molecule has 0 aromatic heterocycles. The highest BCUT2D eigenvalue weighted by Crippen LogP contribution is 2.54. The lowest BCUT2D eigenvalue weighted by molar-refractivity contribution is 0.103. The van der Waals surface area contributed by atoms with Crippen molar-refractivity contribution in [2.45, 2.75) is 32.8 Å². The van der Waals surface area contributed by atoms with E-state index in [0.717, 1.165) is 24.0 Å². The van der Waals surface area contributed by atoms with Gasteiger partial charge in [0.25, 0.3) is 0 Å². The first-order chi connectivity index (χ1) is 6.53. The van der Waals surface area contributed by atoms with Gasteiger partial charge >= 0.3 is 0 Å². The van der Waals surface area contributed by atoms with E-state index in [1.54, 1.807) is 6.07 Å². The molecule has 2 heteroatoms. The molecule has 1 fully saturated rings. The largest absolute Gasteiger partial charge is 0.388 e. The average Bonchev–Trinajstić information content (AvgIpc) is 2.84. The van der Waals surface area contributed by atoms with Gasteiger partial charge in [-0.05, 0) is 48.4 Å². The van der Waals surface area contributed by atoms with Crippen LogP contribution in [0.1, 0.15) is 37.0 Å². The van der Waals surface area contributed by atoms with Crippen molar-refractivity contribution in [2.24, 2.45) is 5.41 Å². The zero-order valence-electron chi connectivity index (χ0n) is 8.55. The maximum absolute atomic E-state index is 12.8. The summed E-state index contributed by atoms with van der Waals surface area (Å²) < 4.78 is 12.8. The van der Waals surface area contributed by atoms with Crippen molar-refractivity contribution in [1.82, 2.24) is 0 Å². The lowest BCUT2D eigenvalue weighted by Gasteiger charge is -2.19. The lowest BCUT2D eigenvalue weighted by Crippen LogP contribution is -2.11. The van der Waals surface area contributed by atoms with E-state index >= 15 is 0 Å². The average molecular weight is 194 g/mol. The summed E-state index contributed by atoms with van der Waals surface area (Å²) >= 11 is 0. The third kappa shape index (κ3) is 1.55. The van der Waals surface area contributed by atoms with Crippen LogP contribution in [0.5, 0.6) is 0 Å². The van der Waals surface area contributed by atoms with E-state index in [1.165, 1.54) is 12.1 Å². The van der Waals surface area contributed by atoms with Gasteiger partial charge < -0.3 is 5.11 Å². The van der Waals surface area contributed by atoms with Gasteiger partial charge in [0.2, 0.25) is 0 Å². The third-order valence-electron chi connectivity index (χ3n) is 3.23. The summed E-state index contributed by atoms with van der Waals surface area (Å²) in [6, 6.07) is 4.58. The Kier molecular flexibility index (Phi) is 2.11. The van der Waals surface area contributed by atoms with Crippen LogP contribution in [-0.2, 0) is 0 Å². The number of hydrogen-bond acceptors (Lipinski definition) is 1. The first kappa shape index (κ1) is 9.66. The molecule has 0 saturated heterocycles. The Morgan fingerprint density at radius 2 is 2.07 bits per heavy atom. The molecule has 1 N–H and O–H groups in total. The van der Waals surface area contributed by atoms with Crippen LogP contribution < -0.4 is 0 Å². The molecule has 1 aromatic rings. The summed E-state index contributed by atoms with van der Waals surface area (Å²) in [5.74, 6) is -0.237. The van der Waals surface area contributed by atoms with Crippen molar-refractivity contribution in [3.63, 3.8) is 0 Å². The van der Waals surface area contributed by atoms with Crippen molar-refractivity contribution in [3.05, 3.63) is 35.1 Å². The molecule has 0 spiro atoms. The number of hydrogen-bond donors (Lipinski definition) is 1. The zero-order chi connectivity index (χ0) is 10.3. The fourth-order valence-corrected chi connectivity index (χ4v) is 1.79. The van der Waals surface area contributed by atoms with E-state index in [1.807, 2.05) is 6.92 Å². The van der Waals surface area contributed by atoms with Gasteiger partial charge in [0.05, 0.1) is 6.10 Å². The molecule has 1 nitrogen and oxygen atoms in total. The van der Waals surface area contributed by atoms with Gasteiger partial charge in [0, 0.05) is 0 Å². The molecule has 1 aliphatic carbocycles. The van der Waals surface area contributed by atoms with Gasteiger partial charge in [-0.25, -0.2) is 4.39 Å². The Labute approximate surface area is 83.6 Å². The molecule has 2 rings (SSSR count). The monoisotopic (exact) mass is 194 g/mol. The Balaban J connectivity index is 2.32. The van der Waals surface area contributed by atoms with E-state index in [-0.39, 0.29) is 11.2 Å². The first-order valence-corrected chi connectivity index (χ1v) is 4.97. The lowest BCUT2D eigenvalue weighted by atomic mass is 9.92. The summed E-state index contributed by atoms with van der Waals surface area (Å²) in [6.07, 6.45) is 1.68. The first-order valence-electron chi connectivity index (χ1n) is 4.97. The van der Waals surface area contributed by atoms with Crippen LogP contribution in [0, 0.1) is 18.2 Å². The Morgan fingerprint density at radius 1 is 1.43 bits per heavy atom. The second-order valence-corrected chi connectivity index (χ2v) is 4.56. The van der Waals surface area contributed by atoms with Gasteiger partial charge in [0.1, 0.15) is 5.82 Å². The van der Waals surface area contributed by atoms with Crippen molar-refractivity contribution >= 4 is 0 Å². The molecule has 0 amide bonds. The quantitative estimate of drug-likeness (QED) is 0.767. The molecule has 0 bridgehead atoms. The standard InChI is InChI=1S/C12H15FO/c1-8-7-9(13)3-4-10(8)11(14)12(2)5-6-12/h3-4,7,11,14H,5-6H2,1-2H3. The summed E-state index contributed by atoms with van der Waals surface area (Å²) in [5, 5.41) is 10.1. The number of aliphatic hydroxyl groups excluding tert-OH is 1. The molecule has 1 aliphatic rings. The molecule has 1 aromatic carbocycles. The maximum atomic E-state index is 12.8. The molecule has 0 radical (unpaired) electrons. The molecular weight excluding hydrogens is 179 g/mol. The summed E-state index contributed by atoms with van der Waals surface area (Å²) in [6.45, 7) is 3.91. The molecule has 0 heterocycles. The predicted molar refractivity (Wildman–Crippen MR) is 53.4 cm³/mol. The minimum atomic E-state index is -0.442. The second-order valence-electron chi connectivity index (χ2n) is 4.56. The van der Waals surface area contributed by atoms with E-state index < -0.39 is 6.10 Å². The van der Waals surface area contributed by atoms with Crippen molar-refractivity contribution in [2.75, 3.05) is 0 Å². The highest BCUT2D eigenvalue weighted by atomic mass is 19.1. The van der Waals surface area contributed by atoms with Gasteiger partial charge in [0.15, 0.2) is 0 Å². The van der Waals surface area contributed by atoms with E-state index in [0.29, 0.717) is 0 Å². The Hall–Kier alpha value is -0.890. The van der Waals surface area contributed by atoms with Crippen LogP contribution in [0.25, 0.3) is 0 Å². The van der Waals surface area contributed by atoms with Crippen LogP contribution in [0.4, 0.5) is 4.39 Å². The van der Waals surface area contributed by atoms with Crippen LogP contribution in [0.15, 0.2) is 18.2 Å². The maximum Gasteiger partial charge on any atom is 0.123 e. The van der Waals surface area contributed by atoms with Crippen molar-refractivity contribution in [1.29, 1.82) is 0 Å². The fourth-order valence-electron chi connectivity index (χ4n) is 1.79. The highest BCUT2D eigenvalue weighted by molar-refractivity contribution is 5.30. The SMILES string of the molecule is Cc1cc(F)ccc1C(O)C1(C)CC1. The van der Waals surface area contributed by atoms with Gasteiger partial charge in [-0.2, -0.15) is 0 Å². The molecule has 0 aliphatic heterocycles. The van der Waals surface area contributed by atoms with Crippen LogP contribution in [-0.4, -0.2) is 5.11 Å². The van der Waals surface area contributed by atoms with E-state index in [4.69, 9.17) is 0 Å². The fraction of sp³-hybridized carbons (Fsp3) is 0.500.